The van der Waals surface area contributed by atoms with Crippen molar-refractivity contribution in [1.82, 2.24) is 4.98 Å². The van der Waals surface area contributed by atoms with Crippen LogP contribution in [-0.4, -0.2) is 36.9 Å². The van der Waals surface area contributed by atoms with E-state index in [1.807, 2.05) is 0 Å². The van der Waals surface area contributed by atoms with Gasteiger partial charge in [0.25, 0.3) is 0 Å². The molecule has 8 nitrogen and oxygen atoms in total. The van der Waals surface area contributed by atoms with Crippen molar-refractivity contribution in [3.8, 4) is 0 Å². The fraction of sp³-hybridized carbons (Fsp3) is 0.226. The monoisotopic (exact) mass is 577 g/mol. The zero-order chi connectivity index (χ0) is 30.2. The number of methoxy groups -OCH3 is 2. The van der Waals surface area contributed by atoms with Crippen molar-refractivity contribution in [3.63, 3.8) is 0 Å². The molecular weight excluding hydrogens is 551 g/mol. The maximum atomic E-state index is 14.5. The van der Waals surface area contributed by atoms with Gasteiger partial charge in [-0.3, -0.25) is 19.5 Å². The Morgan fingerprint density at radius 3 is 2.19 bits per heavy atom. The number of rotatable bonds is 5. The summed E-state index contributed by atoms with van der Waals surface area (Å²) in [5.41, 5.74) is 7.41. The van der Waals surface area contributed by atoms with E-state index in [0.29, 0.717) is 16.8 Å². The maximum Gasteiger partial charge on any atom is 0.416 e. The molecule has 1 aliphatic heterocycles. The van der Waals surface area contributed by atoms with Crippen LogP contribution in [0.3, 0.4) is 0 Å². The molecule has 0 amide bonds. The third-order valence-electron chi connectivity index (χ3n) is 7.60. The Hall–Kier alpha value is -4.93. The number of alkyl halides is 3. The first-order chi connectivity index (χ1) is 20.1. The van der Waals surface area contributed by atoms with Crippen molar-refractivity contribution in [3.05, 3.63) is 118 Å². The van der Waals surface area contributed by atoms with Crippen molar-refractivity contribution in [2.24, 2.45) is 11.7 Å². The molecule has 2 N–H and O–H groups in total. The first-order valence-corrected chi connectivity index (χ1v) is 12.9. The second kappa shape index (κ2) is 11.2. The van der Waals surface area contributed by atoms with Gasteiger partial charge in [0.05, 0.1) is 31.3 Å². The molecule has 0 unspecified atom stereocenters. The minimum absolute atomic E-state index is 0.0811. The van der Waals surface area contributed by atoms with E-state index in [0.717, 1.165) is 19.2 Å². The SMILES string of the molecule is COC(=O)C1=C(N)N(c2ccc(C(F)(F)F)cc2)C2=C(C(=O)[C@@H](C(=O)OC)[C@@H](c3ccccc3)C2)[C@@H]1c1cccnc1. The van der Waals surface area contributed by atoms with E-state index in [2.05, 4.69) is 4.98 Å². The molecule has 2 aliphatic rings. The average Bonchev–Trinajstić information content (AvgIpc) is 3.00. The number of halogens is 3. The summed E-state index contributed by atoms with van der Waals surface area (Å²) in [6.07, 6.45) is -1.51. The van der Waals surface area contributed by atoms with Gasteiger partial charge in [-0.25, -0.2) is 4.79 Å². The number of ether oxygens (including phenoxy) is 2. The highest BCUT2D eigenvalue weighted by Crippen LogP contribution is 2.51. The Balaban J connectivity index is 1.80. The normalized spacial score (nSPS) is 20.7. The van der Waals surface area contributed by atoms with Crippen LogP contribution in [0.25, 0.3) is 0 Å². The lowest BCUT2D eigenvalue weighted by molar-refractivity contribution is -0.150. The lowest BCUT2D eigenvalue weighted by atomic mass is 9.67. The molecule has 42 heavy (non-hydrogen) atoms. The van der Waals surface area contributed by atoms with Crippen LogP contribution >= 0.6 is 0 Å². The van der Waals surface area contributed by atoms with Crippen molar-refractivity contribution in [2.75, 3.05) is 19.1 Å². The molecule has 1 aromatic heterocycles. The smallest absolute Gasteiger partial charge is 0.416 e. The third-order valence-corrected chi connectivity index (χ3v) is 7.60. The Morgan fingerprint density at radius 1 is 0.952 bits per heavy atom. The summed E-state index contributed by atoms with van der Waals surface area (Å²) in [5, 5.41) is 0. The van der Waals surface area contributed by atoms with Gasteiger partial charge in [-0.2, -0.15) is 13.2 Å². The van der Waals surface area contributed by atoms with Crippen LogP contribution in [0.5, 0.6) is 0 Å². The summed E-state index contributed by atoms with van der Waals surface area (Å²) in [5.74, 6) is -5.34. The summed E-state index contributed by atoms with van der Waals surface area (Å²) in [6, 6.07) is 16.4. The third kappa shape index (κ3) is 4.91. The van der Waals surface area contributed by atoms with Gasteiger partial charge < -0.3 is 15.2 Å². The number of aromatic nitrogens is 1. The van der Waals surface area contributed by atoms with E-state index in [9.17, 15) is 27.6 Å². The number of Topliss-reactive ketones (excluding diaryl/α,β-unsaturated/α-hetero) is 1. The molecule has 11 heteroatoms. The van der Waals surface area contributed by atoms with E-state index in [1.54, 1.807) is 42.5 Å². The largest absolute Gasteiger partial charge is 0.468 e. The number of pyridine rings is 1. The van der Waals surface area contributed by atoms with Crippen LogP contribution in [-0.2, 0) is 30.0 Å². The van der Waals surface area contributed by atoms with E-state index >= 15 is 0 Å². The number of benzene rings is 2. The van der Waals surface area contributed by atoms with E-state index in [4.69, 9.17) is 15.2 Å². The topological polar surface area (TPSA) is 112 Å². The molecule has 2 heterocycles. The summed E-state index contributed by atoms with van der Waals surface area (Å²) < 4.78 is 50.3. The van der Waals surface area contributed by atoms with Crippen LogP contribution < -0.4 is 10.6 Å². The number of anilines is 1. The molecule has 0 spiro atoms. The molecule has 216 valence electrons. The van der Waals surface area contributed by atoms with Gasteiger partial charge in [-0.15, -0.1) is 0 Å². The molecule has 0 bridgehead atoms. The van der Waals surface area contributed by atoms with Crippen LogP contribution in [0.4, 0.5) is 18.9 Å². The molecule has 0 saturated carbocycles. The van der Waals surface area contributed by atoms with Crippen molar-refractivity contribution in [2.45, 2.75) is 24.4 Å². The van der Waals surface area contributed by atoms with Crippen molar-refractivity contribution >= 4 is 23.4 Å². The van der Waals surface area contributed by atoms with Gasteiger partial charge in [-0.1, -0.05) is 36.4 Å². The highest BCUT2D eigenvalue weighted by atomic mass is 19.4. The molecule has 2 aromatic carbocycles. The minimum atomic E-state index is -4.58. The quantitative estimate of drug-likeness (QED) is 0.339. The summed E-state index contributed by atoms with van der Waals surface area (Å²) in [7, 11) is 2.34. The van der Waals surface area contributed by atoms with Gasteiger partial charge in [0.2, 0.25) is 0 Å². The number of carbonyl (C=O) groups is 3. The van der Waals surface area contributed by atoms with Crippen LogP contribution in [0, 0.1) is 5.92 Å². The number of nitrogens with two attached hydrogens (primary N) is 1. The number of carbonyl (C=O) groups excluding carboxylic acids is 3. The van der Waals surface area contributed by atoms with Gasteiger partial charge >= 0.3 is 18.1 Å². The molecule has 3 atom stereocenters. The second-order valence-electron chi connectivity index (χ2n) is 9.84. The predicted octanol–water partition coefficient (Wildman–Crippen LogP) is 4.85. The molecule has 5 rings (SSSR count). The minimum Gasteiger partial charge on any atom is -0.468 e. The van der Waals surface area contributed by atoms with Crippen molar-refractivity contribution < 1.29 is 37.0 Å². The van der Waals surface area contributed by atoms with Gasteiger partial charge in [-0.05, 0) is 47.9 Å². The lowest BCUT2D eigenvalue weighted by Gasteiger charge is -2.44. The van der Waals surface area contributed by atoms with Crippen LogP contribution in [0.1, 0.15) is 34.9 Å². The molecule has 3 aromatic rings. The Morgan fingerprint density at radius 2 is 1.62 bits per heavy atom. The average molecular weight is 578 g/mol. The standard InChI is InChI=1S/C31H26F3N3O5/c1-41-29(39)24-21(17-7-4-3-5-8-17)15-22-25(27(24)38)23(18-9-6-14-36-16-18)26(30(40)42-2)28(35)37(22)20-12-10-19(11-13-20)31(32,33)34/h3-14,16,21,23-24H,15,35H2,1-2H3/t21-,23+,24+/m1/s1. The molecule has 0 saturated heterocycles. The zero-order valence-corrected chi connectivity index (χ0v) is 22.6. The Kier molecular flexibility index (Phi) is 7.59. The van der Waals surface area contributed by atoms with E-state index in [-0.39, 0.29) is 29.1 Å². The number of esters is 2. The number of ketones is 1. The first-order valence-electron chi connectivity index (χ1n) is 12.9. The van der Waals surface area contributed by atoms with Crippen molar-refractivity contribution in [1.29, 1.82) is 0 Å². The maximum absolute atomic E-state index is 14.5. The van der Waals surface area contributed by atoms with E-state index < -0.39 is 47.2 Å². The van der Waals surface area contributed by atoms with Gasteiger partial charge in [0.15, 0.2) is 5.78 Å². The highest BCUT2D eigenvalue weighted by molar-refractivity contribution is 6.14. The Labute approximate surface area is 239 Å². The predicted molar refractivity (Wildman–Crippen MR) is 145 cm³/mol. The number of nitrogens with zero attached hydrogens (tertiary/aromatic N) is 2. The lowest BCUT2D eigenvalue weighted by Crippen LogP contribution is -2.46. The van der Waals surface area contributed by atoms with Gasteiger partial charge in [0.1, 0.15) is 11.7 Å². The molecule has 1 aliphatic carbocycles. The summed E-state index contributed by atoms with van der Waals surface area (Å²) in [6.45, 7) is 0. The van der Waals surface area contributed by atoms with Crippen LogP contribution in [0.2, 0.25) is 0 Å². The molecular formula is C31H26F3N3O5. The summed E-state index contributed by atoms with van der Waals surface area (Å²) in [4.78, 5) is 46.5. The van der Waals surface area contributed by atoms with Gasteiger partial charge in [0, 0.05) is 35.3 Å². The van der Waals surface area contributed by atoms with E-state index in [1.165, 1.54) is 36.5 Å². The number of hydrogen-bond donors (Lipinski definition) is 1. The second-order valence-corrected chi connectivity index (χ2v) is 9.84. The molecule has 0 fully saturated rings. The zero-order valence-electron chi connectivity index (χ0n) is 22.6. The fourth-order valence-electron chi connectivity index (χ4n) is 5.72. The van der Waals surface area contributed by atoms with Crippen LogP contribution in [0.15, 0.2) is 102 Å². The number of hydrogen-bond acceptors (Lipinski definition) is 8. The number of allylic oxidation sites excluding steroid dienone is 2. The fourth-order valence-corrected chi connectivity index (χ4v) is 5.72. The summed E-state index contributed by atoms with van der Waals surface area (Å²) >= 11 is 0. The Bertz CT molecular complexity index is 1590. The first kappa shape index (κ1) is 28.6. The molecule has 0 radical (unpaired) electrons. The highest BCUT2D eigenvalue weighted by Gasteiger charge is 2.51.